The van der Waals surface area contributed by atoms with Crippen molar-refractivity contribution >= 4 is 88.7 Å². The molecule has 7 atom stereocenters. The average Bonchev–Trinajstić information content (AvgIpc) is 3.95. The number of aliphatic hydroxyl groups is 3. The number of hydrogen-bond acceptors (Lipinski definition) is 21. The van der Waals surface area contributed by atoms with Crippen LogP contribution in [0.2, 0.25) is 0 Å². The number of amides is 3. The van der Waals surface area contributed by atoms with Crippen molar-refractivity contribution in [2.45, 2.75) is 80.9 Å². The molecule has 25 nitrogen and oxygen atoms in total. The molecular weight excluding hydrogens is 1100 g/mol. The maximum absolute atomic E-state index is 12.1. The number of nitrogens with two attached hydrogens (primary N) is 1. The Hall–Kier alpha value is -8.72. The topological polar surface area (TPSA) is 386 Å². The minimum atomic E-state index is -1.14. The van der Waals surface area contributed by atoms with Gasteiger partial charge in [0.2, 0.25) is 23.5 Å². The molecule has 4 aromatic rings. The lowest BCUT2D eigenvalue weighted by Crippen LogP contribution is -2.41. The van der Waals surface area contributed by atoms with Gasteiger partial charge in [0.05, 0.1) is 93.3 Å². The highest BCUT2D eigenvalue weighted by Crippen LogP contribution is 2.28. The van der Waals surface area contributed by atoms with Crippen LogP contribution in [0.25, 0.3) is 0 Å². The van der Waals surface area contributed by atoms with E-state index in [0.29, 0.717) is 11.1 Å². The summed E-state index contributed by atoms with van der Waals surface area (Å²) in [4.78, 5) is 124. The van der Waals surface area contributed by atoms with Gasteiger partial charge in [-0.1, -0.05) is 129 Å². The first-order valence-corrected chi connectivity index (χ1v) is 25.4. The summed E-state index contributed by atoms with van der Waals surface area (Å²) in [5.74, 6) is -9.82. The Bertz CT molecular complexity index is 2750. The van der Waals surface area contributed by atoms with Crippen molar-refractivity contribution in [3.63, 3.8) is 0 Å². The van der Waals surface area contributed by atoms with Crippen LogP contribution in [0.15, 0.2) is 121 Å². The maximum Gasteiger partial charge on any atom is 0.321 e. The van der Waals surface area contributed by atoms with Crippen LogP contribution in [-0.4, -0.2) is 186 Å². The molecule has 0 bridgehead atoms. The third-order valence-corrected chi connectivity index (χ3v) is 11.6. The second-order valence-electron chi connectivity index (χ2n) is 18.0. The first-order valence-electron chi connectivity index (χ1n) is 25.4. The van der Waals surface area contributed by atoms with Crippen molar-refractivity contribution in [2.75, 3.05) is 52.9 Å². The second kappa shape index (κ2) is 38.9. The molecule has 0 aliphatic carbocycles. The lowest BCUT2D eigenvalue weighted by atomic mass is 9.96. The zero-order chi connectivity index (χ0) is 61.3. The van der Waals surface area contributed by atoms with Gasteiger partial charge in [-0.3, -0.25) is 52.7 Å². The van der Waals surface area contributed by atoms with E-state index < -0.39 is 120 Å². The highest BCUT2D eigenvalue weighted by atomic mass is 16.6. The molecule has 6 radical (unpaired) electrons. The van der Waals surface area contributed by atoms with Crippen LogP contribution in [0.1, 0.15) is 79.0 Å². The number of cyclic esters (lactones) is 6. The first-order chi connectivity index (χ1) is 39.6. The summed E-state index contributed by atoms with van der Waals surface area (Å²) in [5, 5.41) is 41.5. The van der Waals surface area contributed by atoms with Gasteiger partial charge in [-0.25, -0.2) is 0 Å². The normalized spacial score (nSPS) is 19.0. The highest BCUT2D eigenvalue weighted by Gasteiger charge is 2.35. The van der Waals surface area contributed by atoms with Crippen molar-refractivity contribution in [2.24, 2.45) is 5.73 Å². The minimum Gasteiger partial charge on any atom is -0.481 e. The fraction of sp³-hybridized carbons (Fsp3) is 0.375. The standard InChI is InChI=1S/C14H16BNO6.C14H14BNO5.C13H15NO4.C10H8O3.C4H8BNO3.CH4/c15-14(21)16-10(7-17)8-22-12(18)6-11(13(19)20)9-4-2-1-3-5-9;15-14(19)16-10-7-20-12(17)6-11(13(18)21-8-10)9-4-2-1-3-5-9;14-10-7-17-12(15)6-11(13(16)18-8-10)9-4-2-1-3-5-9;11-9-6-8(10(12)13-9)7-4-2-1-3-5-7;5-4(9)6-3(1-7)2-8;/h1-5,10-11,17H,6-8H2,(H,16,21)(H,19,20);1-5,10-11H,6-8H2,(H,16,19);1-5,10-11H,6-8,14H2;1-5,8H,6H2;3,7-8H,1-2H2,(H,6,9);1H4. The average molecular weight is 1160 g/mol. The fourth-order valence-corrected chi connectivity index (χ4v) is 7.40. The number of aliphatic hydroxyl groups excluding tert-OH is 3. The summed E-state index contributed by atoms with van der Waals surface area (Å²) in [6.45, 7) is -1.41. The molecule has 3 amide bonds. The SMILES string of the molecule is C.NC1COC(=O)CC(c2ccccc2)C(=O)OC1.O=C1CC(c2ccccc2)C(=O)O1.[B]C(=O)NC(CO)CO.[B]C(=O)NC(CO)COC(=O)CC(C(=O)O)c1ccccc1.[B]C(=O)NC1COC(=O)CC(c2ccccc2)C(=O)OC1. The van der Waals surface area contributed by atoms with Crippen molar-refractivity contribution in [1.82, 2.24) is 16.0 Å². The molecule has 28 heteroatoms. The molecule has 84 heavy (non-hydrogen) atoms. The molecular formula is C56H65B3N4O21. The summed E-state index contributed by atoms with van der Waals surface area (Å²) in [6, 6.07) is 32.8. The number of nitrogens with one attached hydrogen (secondary N) is 3. The summed E-state index contributed by atoms with van der Waals surface area (Å²) >= 11 is 0. The molecule has 0 spiro atoms. The lowest BCUT2D eigenvalue weighted by molar-refractivity contribution is -0.153. The summed E-state index contributed by atoms with van der Waals surface area (Å²) < 4.78 is 29.6. The van der Waals surface area contributed by atoms with Gasteiger partial charge in [-0.2, -0.15) is 0 Å². The van der Waals surface area contributed by atoms with Crippen LogP contribution in [0.4, 0.5) is 14.4 Å². The van der Waals surface area contributed by atoms with E-state index in [2.05, 4.69) is 28.5 Å². The number of carboxylic acid groups (broad SMARTS) is 1. The quantitative estimate of drug-likeness (QED) is 0.0359. The van der Waals surface area contributed by atoms with Gasteiger partial charge < -0.3 is 70.5 Å². The number of carbonyl (C=O) groups is 11. The van der Waals surface area contributed by atoms with E-state index >= 15 is 0 Å². The molecule has 3 fully saturated rings. The van der Waals surface area contributed by atoms with Gasteiger partial charge in [-0.15, -0.1) is 0 Å². The molecule has 3 saturated heterocycles. The van der Waals surface area contributed by atoms with Crippen LogP contribution in [0.3, 0.4) is 0 Å². The fourth-order valence-electron chi connectivity index (χ4n) is 7.40. The molecule has 444 valence electrons. The Kier molecular flexibility index (Phi) is 33.1. The smallest absolute Gasteiger partial charge is 0.321 e. The van der Waals surface area contributed by atoms with E-state index in [1.165, 1.54) is 0 Å². The molecule has 3 aliphatic rings. The number of ether oxygens (including phenoxy) is 6. The second-order valence-corrected chi connectivity index (χ2v) is 18.0. The molecule has 7 rings (SSSR count). The van der Waals surface area contributed by atoms with Crippen LogP contribution in [0.5, 0.6) is 0 Å². The molecule has 7 unspecified atom stereocenters. The van der Waals surface area contributed by atoms with Crippen LogP contribution in [0, 0.1) is 0 Å². The molecule has 3 heterocycles. The minimum absolute atomic E-state index is 0. The van der Waals surface area contributed by atoms with Gasteiger partial charge in [0.25, 0.3) is 0 Å². The number of aliphatic carboxylic acids is 1. The number of carboxylic acids is 1. The van der Waals surface area contributed by atoms with Crippen molar-refractivity contribution in [3.8, 4) is 0 Å². The number of hydrogen-bond donors (Lipinski definition) is 8. The number of benzene rings is 4. The highest BCUT2D eigenvalue weighted by molar-refractivity contribution is 6.57. The zero-order valence-electron chi connectivity index (χ0n) is 44.7. The van der Waals surface area contributed by atoms with E-state index in [9.17, 15) is 57.8 Å². The van der Waals surface area contributed by atoms with Gasteiger partial charge >= 0.3 is 47.8 Å². The monoisotopic (exact) mass is 1160 g/mol. The largest absolute Gasteiger partial charge is 0.481 e. The van der Waals surface area contributed by atoms with Crippen LogP contribution >= 0.6 is 0 Å². The maximum atomic E-state index is 12.1. The van der Waals surface area contributed by atoms with Crippen LogP contribution < -0.4 is 21.7 Å². The van der Waals surface area contributed by atoms with Gasteiger partial charge in [-0.05, 0) is 22.3 Å². The van der Waals surface area contributed by atoms with Crippen molar-refractivity contribution in [1.29, 1.82) is 0 Å². The van der Waals surface area contributed by atoms with Gasteiger partial charge in [0.1, 0.15) is 33.0 Å². The Morgan fingerprint density at radius 3 is 1.31 bits per heavy atom. The van der Waals surface area contributed by atoms with E-state index in [4.69, 9.17) is 60.4 Å². The first kappa shape index (κ1) is 71.4. The number of carbonyl (C=O) groups excluding carboxylic acids is 10. The van der Waals surface area contributed by atoms with Crippen molar-refractivity contribution < 1.29 is 102 Å². The van der Waals surface area contributed by atoms with E-state index in [1.54, 1.807) is 66.7 Å². The van der Waals surface area contributed by atoms with Gasteiger partial charge in [0.15, 0.2) is 17.4 Å². The Labute approximate surface area is 487 Å². The lowest BCUT2D eigenvalue weighted by Gasteiger charge is -2.17. The third-order valence-electron chi connectivity index (χ3n) is 11.6. The Balaban J connectivity index is 0.000000367. The van der Waals surface area contributed by atoms with Crippen LogP contribution in [-0.2, 0) is 66.8 Å². The predicted octanol–water partition coefficient (Wildman–Crippen LogP) is 1.22. The Morgan fingerprint density at radius 2 is 0.917 bits per heavy atom. The zero-order valence-corrected chi connectivity index (χ0v) is 44.7. The molecule has 0 saturated carbocycles. The Morgan fingerprint density at radius 1 is 0.536 bits per heavy atom. The number of rotatable bonds is 15. The summed E-state index contributed by atoms with van der Waals surface area (Å²) in [5.41, 5.74) is 8.39. The van der Waals surface area contributed by atoms with E-state index in [0.717, 1.165) is 11.1 Å². The van der Waals surface area contributed by atoms with E-state index in [-0.39, 0.29) is 79.4 Å². The molecule has 4 aromatic carbocycles. The van der Waals surface area contributed by atoms with E-state index in [1.807, 2.05) is 54.6 Å². The molecule has 3 aliphatic heterocycles. The van der Waals surface area contributed by atoms with Crippen molar-refractivity contribution in [3.05, 3.63) is 144 Å². The summed E-state index contributed by atoms with van der Waals surface area (Å²) in [7, 11) is 14.6. The summed E-state index contributed by atoms with van der Waals surface area (Å²) in [6.07, 6.45) is -0.307. The predicted molar refractivity (Wildman–Crippen MR) is 299 cm³/mol. The number of esters is 7. The van der Waals surface area contributed by atoms with Gasteiger partial charge in [0, 0.05) is 0 Å². The molecule has 0 aromatic heterocycles. The third kappa shape index (κ3) is 27.4. The molecule has 9 N–H and O–H groups in total.